The van der Waals surface area contributed by atoms with Crippen molar-refractivity contribution >= 4 is 39.9 Å². The summed E-state index contributed by atoms with van der Waals surface area (Å²) in [5.74, 6) is 0. The van der Waals surface area contributed by atoms with Gasteiger partial charge in [-0.1, -0.05) is 23.7 Å². The molecule has 4 heteroatoms. The van der Waals surface area contributed by atoms with E-state index in [2.05, 4.69) is 45.0 Å². The first-order valence-electron chi connectivity index (χ1n) is 4.84. The fourth-order valence-corrected chi connectivity index (χ4v) is 2.11. The Morgan fingerprint density at radius 3 is 2.81 bits per heavy atom. The predicted octanol–water partition coefficient (Wildman–Crippen LogP) is 3.95. The highest BCUT2D eigenvalue weighted by Crippen LogP contribution is 2.19. The van der Waals surface area contributed by atoms with Gasteiger partial charge in [0.15, 0.2) is 0 Å². The molecule has 16 heavy (non-hydrogen) atoms. The van der Waals surface area contributed by atoms with Crippen LogP contribution in [0, 0.1) is 3.57 Å². The number of rotatable bonds is 3. The molecule has 0 radical (unpaired) electrons. The first-order valence-corrected chi connectivity index (χ1v) is 6.30. The molecule has 0 aliphatic rings. The zero-order chi connectivity index (χ0) is 11.4. The minimum Gasteiger partial charge on any atom is -0.380 e. The molecule has 0 atom stereocenters. The SMILES string of the molecule is Clc1cnccc1CNc1ccccc1I. The molecule has 0 aliphatic carbocycles. The van der Waals surface area contributed by atoms with E-state index in [1.54, 1.807) is 12.4 Å². The van der Waals surface area contributed by atoms with Gasteiger partial charge in [0.2, 0.25) is 0 Å². The van der Waals surface area contributed by atoms with Crippen molar-refractivity contribution in [3.63, 3.8) is 0 Å². The van der Waals surface area contributed by atoms with E-state index in [0.717, 1.165) is 11.3 Å². The molecule has 1 aromatic heterocycles. The van der Waals surface area contributed by atoms with Crippen LogP contribution >= 0.6 is 34.2 Å². The third-order valence-electron chi connectivity index (χ3n) is 2.20. The second kappa shape index (κ2) is 5.50. The van der Waals surface area contributed by atoms with Gasteiger partial charge in [-0.25, -0.2) is 0 Å². The third kappa shape index (κ3) is 2.86. The van der Waals surface area contributed by atoms with Crippen LogP contribution in [-0.2, 0) is 6.54 Å². The van der Waals surface area contributed by atoms with Crippen LogP contribution in [0.4, 0.5) is 5.69 Å². The largest absolute Gasteiger partial charge is 0.380 e. The zero-order valence-electron chi connectivity index (χ0n) is 8.45. The van der Waals surface area contributed by atoms with Crippen molar-refractivity contribution in [2.24, 2.45) is 0 Å². The maximum absolute atomic E-state index is 6.03. The van der Waals surface area contributed by atoms with Crippen LogP contribution < -0.4 is 5.32 Å². The fourth-order valence-electron chi connectivity index (χ4n) is 1.34. The van der Waals surface area contributed by atoms with Crippen LogP contribution in [0.2, 0.25) is 5.02 Å². The van der Waals surface area contributed by atoms with E-state index in [-0.39, 0.29) is 0 Å². The summed E-state index contributed by atoms with van der Waals surface area (Å²) in [6.45, 7) is 0.710. The highest BCUT2D eigenvalue weighted by Gasteiger charge is 2.01. The lowest BCUT2D eigenvalue weighted by Gasteiger charge is -2.09. The molecule has 0 spiro atoms. The highest BCUT2D eigenvalue weighted by atomic mass is 127. The second-order valence-corrected chi connectivity index (χ2v) is 4.87. The Morgan fingerprint density at radius 1 is 1.25 bits per heavy atom. The number of para-hydroxylation sites is 1. The molecule has 0 amide bonds. The molecule has 82 valence electrons. The second-order valence-electron chi connectivity index (χ2n) is 3.30. The summed E-state index contributed by atoms with van der Waals surface area (Å²) in [6.07, 6.45) is 3.41. The minimum atomic E-state index is 0.695. The van der Waals surface area contributed by atoms with Crippen LogP contribution in [-0.4, -0.2) is 4.98 Å². The topological polar surface area (TPSA) is 24.9 Å². The number of nitrogens with zero attached hydrogens (tertiary/aromatic N) is 1. The van der Waals surface area contributed by atoms with Gasteiger partial charge in [0.25, 0.3) is 0 Å². The number of halogens is 2. The molecular weight excluding hydrogens is 335 g/mol. The molecule has 2 aromatic rings. The number of hydrogen-bond acceptors (Lipinski definition) is 2. The summed E-state index contributed by atoms with van der Waals surface area (Å²) in [6, 6.07) is 10.1. The van der Waals surface area contributed by atoms with Crippen molar-refractivity contribution in [1.82, 2.24) is 4.98 Å². The molecule has 0 bridgehead atoms. The Balaban J connectivity index is 2.09. The first-order chi connectivity index (χ1) is 7.77. The molecule has 0 saturated carbocycles. The van der Waals surface area contributed by atoms with Crippen molar-refractivity contribution in [1.29, 1.82) is 0 Å². The first kappa shape index (κ1) is 11.7. The average Bonchev–Trinajstić information content (AvgIpc) is 2.30. The van der Waals surface area contributed by atoms with Gasteiger partial charge in [0.1, 0.15) is 0 Å². The molecule has 0 saturated heterocycles. The summed E-state index contributed by atoms with van der Waals surface area (Å²) in [7, 11) is 0. The number of aromatic nitrogens is 1. The minimum absolute atomic E-state index is 0.695. The van der Waals surface area contributed by atoms with Gasteiger partial charge in [-0.05, 0) is 46.4 Å². The van der Waals surface area contributed by atoms with Crippen LogP contribution in [0.25, 0.3) is 0 Å². The van der Waals surface area contributed by atoms with Gasteiger partial charge in [0, 0.05) is 28.2 Å². The molecule has 1 heterocycles. The molecule has 2 nitrogen and oxygen atoms in total. The number of benzene rings is 1. The average molecular weight is 345 g/mol. The maximum atomic E-state index is 6.03. The van der Waals surface area contributed by atoms with E-state index in [1.807, 2.05) is 18.2 Å². The van der Waals surface area contributed by atoms with Gasteiger partial charge >= 0.3 is 0 Å². The number of anilines is 1. The van der Waals surface area contributed by atoms with E-state index >= 15 is 0 Å². The molecule has 0 fully saturated rings. The van der Waals surface area contributed by atoms with Crippen LogP contribution in [0.15, 0.2) is 42.7 Å². The predicted molar refractivity (Wildman–Crippen MR) is 75.7 cm³/mol. The Morgan fingerprint density at radius 2 is 2.06 bits per heavy atom. The number of hydrogen-bond donors (Lipinski definition) is 1. The molecule has 0 aliphatic heterocycles. The standard InChI is InChI=1S/C12H10ClIN2/c13-10-8-15-6-5-9(10)7-16-12-4-2-1-3-11(12)14/h1-6,8,16H,7H2. The van der Waals surface area contributed by atoms with Crippen molar-refractivity contribution in [3.05, 3.63) is 56.9 Å². The molecule has 0 unspecified atom stereocenters. The van der Waals surface area contributed by atoms with Gasteiger partial charge < -0.3 is 5.32 Å². The summed E-state index contributed by atoms with van der Waals surface area (Å²) in [4.78, 5) is 3.96. The van der Waals surface area contributed by atoms with E-state index < -0.39 is 0 Å². The van der Waals surface area contributed by atoms with Crippen molar-refractivity contribution in [2.75, 3.05) is 5.32 Å². The van der Waals surface area contributed by atoms with Crippen LogP contribution in [0.3, 0.4) is 0 Å². The summed E-state index contributed by atoms with van der Waals surface area (Å²) < 4.78 is 1.20. The van der Waals surface area contributed by atoms with Crippen molar-refractivity contribution in [2.45, 2.75) is 6.54 Å². The number of nitrogens with one attached hydrogen (secondary N) is 1. The molecule has 1 N–H and O–H groups in total. The van der Waals surface area contributed by atoms with E-state index in [0.29, 0.717) is 11.6 Å². The smallest absolute Gasteiger partial charge is 0.0639 e. The number of pyridine rings is 1. The summed E-state index contributed by atoms with van der Waals surface area (Å²) >= 11 is 8.33. The third-order valence-corrected chi connectivity index (χ3v) is 3.48. The monoisotopic (exact) mass is 344 g/mol. The summed E-state index contributed by atoms with van der Waals surface area (Å²) in [5, 5.41) is 4.05. The van der Waals surface area contributed by atoms with Gasteiger partial charge in [-0.2, -0.15) is 0 Å². The van der Waals surface area contributed by atoms with Gasteiger partial charge in [-0.15, -0.1) is 0 Å². The molecule has 1 aromatic carbocycles. The quantitative estimate of drug-likeness (QED) is 0.853. The van der Waals surface area contributed by atoms with Gasteiger partial charge in [-0.3, -0.25) is 4.98 Å². The van der Waals surface area contributed by atoms with Crippen LogP contribution in [0.5, 0.6) is 0 Å². The van der Waals surface area contributed by atoms with E-state index in [4.69, 9.17) is 11.6 Å². The van der Waals surface area contributed by atoms with E-state index in [9.17, 15) is 0 Å². The Hall–Kier alpha value is -0.810. The van der Waals surface area contributed by atoms with Gasteiger partial charge in [0.05, 0.1) is 5.02 Å². The normalized spacial score (nSPS) is 10.1. The molecular formula is C12H10ClIN2. The lowest BCUT2D eigenvalue weighted by molar-refractivity contribution is 1.12. The van der Waals surface area contributed by atoms with Crippen LogP contribution in [0.1, 0.15) is 5.56 Å². The van der Waals surface area contributed by atoms with Crippen molar-refractivity contribution < 1.29 is 0 Å². The Labute approximate surface area is 113 Å². The summed E-state index contributed by atoms with van der Waals surface area (Å²) in [5.41, 5.74) is 2.17. The Kier molecular flexibility index (Phi) is 4.01. The lowest BCUT2D eigenvalue weighted by Crippen LogP contribution is -2.01. The fraction of sp³-hybridized carbons (Fsp3) is 0.0833. The van der Waals surface area contributed by atoms with Crippen molar-refractivity contribution in [3.8, 4) is 0 Å². The molecule has 2 rings (SSSR count). The Bertz CT molecular complexity index is 442. The highest BCUT2D eigenvalue weighted by molar-refractivity contribution is 14.1. The lowest BCUT2D eigenvalue weighted by atomic mass is 10.2. The maximum Gasteiger partial charge on any atom is 0.0639 e. The van der Waals surface area contributed by atoms with E-state index in [1.165, 1.54) is 3.57 Å². The zero-order valence-corrected chi connectivity index (χ0v) is 11.4.